The number of aryl methyl sites for hydroxylation is 1. The summed E-state index contributed by atoms with van der Waals surface area (Å²) >= 11 is 1.54. The lowest BCUT2D eigenvalue weighted by Crippen LogP contribution is -2.27. The third-order valence-electron chi connectivity index (χ3n) is 2.92. The van der Waals surface area contributed by atoms with Gasteiger partial charge in [0.25, 0.3) is 0 Å². The third-order valence-corrected chi connectivity index (χ3v) is 3.74. The molecule has 0 bridgehead atoms. The van der Waals surface area contributed by atoms with E-state index in [-0.39, 0.29) is 11.4 Å². The lowest BCUT2D eigenvalue weighted by atomic mass is 10.1. The largest absolute Gasteiger partial charge is 0.364 e. The van der Waals surface area contributed by atoms with E-state index in [1.54, 1.807) is 12.1 Å². The molecule has 0 saturated heterocycles. The summed E-state index contributed by atoms with van der Waals surface area (Å²) in [7, 11) is 0. The molecule has 6 heteroatoms. The van der Waals surface area contributed by atoms with Crippen LogP contribution in [0.2, 0.25) is 0 Å². The summed E-state index contributed by atoms with van der Waals surface area (Å²) in [5.41, 5.74) is 1.55. The molecule has 0 spiro atoms. The molecule has 0 aliphatic carbocycles. The van der Waals surface area contributed by atoms with E-state index in [1.807, 2.05) is 11.4 Å². The first-order chi connectivity index (χ1) is 9.83. The van der Waals surface area contributed by atoms with Crippen molar-refractivity contribution in [1.29, 1.82) is 0 Å². The Hall–Kier alpha value is -1.95. The molecule has 0 amide bonds. The van der Waals surface area contributed by atoms with Gasteiger partial charge in [0.1, 0.15) is 16.5 Å². The number of nitrogens with one attached hydrogen (secondary N) is 1. The van der Waals surface area contributed by atoms with Crippen LogP contribution >= 0.6 is 11.3 Å². The number of benzene rings is 1. The van der Waals surface area contributed by atoms with Gasteiger partial charge in [-0.25, -0.2) is 9.37 Å². The van der Waals surface area contributed by atoms with Crippen LogP contribution in [0, 0.1) is 12.7 Å². The Morgan fingerprint density at radius 2 is 1.86 bits per heavy atom. The standard InChI is InChI=1S/C15H17FN4S/c1-9-19-20-13(18-15(2,3)4)12(17-14(20)21-9)10-5-7-11(16)8-6-10/h5-8,18H,1-4H3. The normalized spacial score (nSPS) is 12.0. The number of anilines is 1. The molecule has 0 fully saturated rings. The number of imidazole rings is 1. The molecule has 0 aliphatic heterocycles. The van der Waals surface area contributed by atoms with Gasteiger partial charge in [0.2, 0.25) is 4.96 Å². The zero-order chi connectivity index (χ0) is 15.2. The van der Waals surface area contributed by atoms with Crippen molar-refractivity contribution in [2.24, 2.45) is 0 Å². The van der Waals surface area contributed by atoms with Crippen LogP contribution in [0.1, 0.15) is 25.8 Å². The maximum absolute atomic E-state index is 13.1. The number of halogens is 1. The van der Waals surface area contributed by atoms with Crippen molar-refractivity contribution in [2.45, 2.75) is 33.2 Å². The Morgan fingerprint density at radius 3 is 2.48 bits per heavy atom. The Bertz CT molecular complexity index is 780. The molecule has 2 heterocycles. The highest BCUT2D eigenvalue weighted by Crippen LogP contribution is 2.32. The molecule has 4 nitrogen and oxygen atoms in total. The van der Waals surface area contributed by atoms with E-state index in [9.17, 15) is 4.39 Å². The van der Waals surface area contributed by atoms with Crippen molar-refractivity contribution in [3.63, 3.8) is 0 Å². The molecule has 1 N–H and O–H groups in total. The second kappa shape index (κ2) is 4.80. The van der Waals surface area contributed by atoms with Crippen LogP contribution in [-0.2, 0) is 0 Å². The van der Waals surface area contributed by atoms with Crippen molar-refractivity contribution in [2.75, 3.05) is 5.32 Å². The van der Waals surface area contributed by atoms with E-state index < -0.39 is 0 Å². The molecule has 21 heavy (non-hydrogen) atoms. The van der Waals surface area contributed by atoms with Crippen LogP contribution in [0.15, 0.2) is 24.3 Å². The number of nitrogens with zero attached hydrogens (tertiary/aromatic N) is 3. The van der Waals surface area contributed by atoms with Crippen molar-refractivity contribution >= 4 is 22.1 Å². The van der Waals surface area contributed by atoms with Gasteiger partial charge in [0.15, 0.2) is 5.82 Å². The lowest BCUT2D eigenvalue weighted by molar-refractivity contribution is 0.626. The van der Waals surface area contributed by atoms with Crippen LogP contribution in [0.4, 0.5) is 10.2 Å². The van der Waals surface area contributed by atoms with E-state index in [1.165, 1.54) is 23.5 Å². The van der Waals surface area contributed by atoms with Crippen molar-refractivity contribution < 1.29 is 4.39 Å². The van der Waals surface area contributed by atoms with Gasteiger partial charge in [-0.05, 0) is 52.0 Å². The average Bonchev–Trinajstić information content (AvgIpc) is 2.87. The first-order valence-corrected chi connectivity index (χ1v) is 7.55. The molecule has 1 aromatic carbocycles. The first-order valence-electron chi connectivity index (χ1n) is 6.74. The molecule has 2 aromatic heterocycles. The molecule has 0 saturated carbocycles. The van der Waals surface area contributed by atoms with Crippen molar-refractivity contribution in [3.8, 4) is 11.3 Å². The molecule has 0 unspecified atom stereocenters. The fourth-order valence-corrected chi connectivity index (χ4v) is 2.86. The predicted octanol–water partition coefficient (Wildman–Crippen LogP) is 4.12. The predicted molar refractivity (Wildman–Crippen MR) is 84.4 cm³/mol. The second-order valence-corrected chi connectivity index (χ2v) is 7.17. The Morgan fingerprint density at radius 1 is 1.19 bits per heavy atom. The van der Waals surface area contributed by atoms with E-state index in [2.05, 4.69) is 36.2 Å². The first kappa shape index (κ1) is 14.0. The van der Waals surface area contributed by atoms with Gasteiger partial charge in [-0.2, -0.15) is 9.61 Å². The third kappa shape index (κ3) is 2.76. The summed E-state index contributed by atoms with van der Waals surface area (Å²) in [5.74, 6) is 0.590. The molecule has 0 radical (unpaired) electrons. The van der Waals surface area contributed by atoms with Crippen LogP contribution in [-0.4, -0.2) is 20.1 Å². The number of aromatic nitrogens is 3. The fourth-order valence-electron chi connectivity index (χ4n) is 2.12. The molecule has 0 aliphatic rings. The highest BCUT2D eigenvalue weighted by atomic mass is 32.1. The number of hydrogen-bond acceptors (Lipinski definition) is 4. The van der Waals surface area contributed by atoms with Gasteiger partial charge in [-0.3, -0.25) is 0 Å². The molecular weight excluding hydrogens is 287 g/mol. The smallest absolute Gasteiger partial charge is 0.214 e. The lowest BCUT2D eigenvalue weighted by Gasteiger charge is -2.21. The van der Waals surface area contributed by atoms with Crippen molar-refractivity contribution in [1.82, 2.24) is 14.6 Å². The van der Waals surface area contributed by atoms with Crippen LogP contribution < -0.4 is 5.32 Å². The summed E-state index contributed by atoms with van der Waals surface area (Å²) in [6.07, 6.45) is 0. The monoisotopic (exact) mass is 304 g/mol. The minimum Gasteiger partial charge on any atom is -0.364 e. The van der Waals surface area contributed by atoms with Gasteiger partial charge < -0.3 is 5.32 Å². The quantitative estimate of drug-likeness (QED) is 0.774. The topological polar surface area (TPSA) is 42.2 Å². The van der Waals surface area contributed by atoms with Crippen LogP contribution in [0.3, 0.4) is 0 Å². The van der Waals surface area contributed by atoms with Gasteiger partial charge >= 0.3 is 0 Å². The van der Waals surface area contributed by atoms with E-state index in [4.69, 9.17) is 0 Å². The minimum atomic E-state index is -0.251. The Kier molecular flexibility index (Phi) is 3.20. The SMILES string of the molecule is Cc1nn2c(NC(C)(C)C)c(-c3ccc(F)cc3)nc2s1. The fraction of sp³-hybridized carbons (Fsp3) is 0.333. The molecule has 0 atom stereocenters. The summed E-state index contributed by atoms with van der Waals surface area (Å²) < 4.78 is 14.9. The van der Waals surface area contributed by atoms with Gasteiger partial charge in [0, 0.05) is 11.1 Å². The molecule has 3 rings (SSSR count). The molecule has 110 valence electrons. The van der Waals surface area contributed by atoms with E-state index in [0.29, 0.717) is 0 Å². The van der Waals surface area contributed by atoms with Gasteiger partial charge in [-0.15, -0.1) is 0 Å². The summed E-state index contributed by atoms with van der Waals surface area (Å²) in [4.78, 5) is 5.48. The van der Waals surface area contributed by atoms with E-state index in [0.717, 1.165) is 27.0 Å². The molecular formula is C15H17FN4S. The maximum Gasteiger partial charge on any atom is 0.214 e. The number of hydrogen-bond donors (Lipinski definition) is 1. The highest BCUT2D eigenvalue weighted by molar-refractivity contribution is 7.16. The zero-order valence-electron chi connectivity index (χ0n) is 12.4. The van der Waals surface area contributed by atoms with Gasteiger partial charge in [0.05, 0.1) is 0 Å². The number of fused-ring (bicyclic) bond motifs is 1. The van der Waals surface area contributed by atoms with Crippen LogP contribution in [0.5, 0.6) is 0 Å². The Balaban J connectivity index is 2.19. The summed E-state index contributed by atoms with van der Waals surface area (Å²) in [5, 5.41) is 8.91. The molecule has 3 aromatic rings. The summed E-state index contributed by atoms with van der Waals surface area (Å²) in [6.45, 7) is 8.21. The number of rotatable bonds is 2. The van der Waals surface area contributed by atoms with Crippen molar-refractivity contribution in [3.05, 3.63) is 35.1 Å². The maximum atomic E-state index is 13.1. The van der Waals surface area contributed by atoms with Gasteiger partial charge in [-0.1, -0.05) is 11.3 Å². The highest BCUT2D eigenvalue weighted by Gasteiger charge is 2.21. The summed E-state index contributed by atoms with van der Waals surface area (Å²) in [6, 6.07) is 6.37. The van der Waals surface area contributed by atoms with E-state index >= 15 is 0 Å². The minimum absolute atomic E-state index is 0.123. The van der Waals surface area contributed by atoms with Crippen LogP contribution in [0.25, 0.3) is 16.2 Å². The zero-order valence-corrected chi connectivity index (χ0v) is 13.3. The average molecular weight is 304 g/mol. The Labute approximate surface area is 126 Å². The second-order valence-electron chi connectivity index (χ2n) is 6.01.